The molecule has 1 aliphatic rings. The number of likely N-dealkylation sites (tertiary alicyclic amines) is 1. The summed E-state index contributed by atoms with van der Waals surface area (Å²) in [5, 5.41) is 3.65. The van der Waals surface area contributed by atoms with E-state index in [1.54, 1.807) is 24.1 Å². The van der Waals surface area contributed by atoms with Crippen molar-refractivity contribution in [3.05, 3.63) is 36.1 Å². The van der Waals surface area contributed by atoms with E-state index >= 15 is 0 Å². The lowest BCUT2D eigenvalue weighted by Crippen LogP contribution is -2.44. The minimum Gasteiger partial charge on any atom is -0.472 e. The zero-order chi connectivity index (χ0) is 14.7. The van der Waals surface area contributed by atoms with E-state index in [1.165, 1.54) is 12.5 Å². The van der Waals surface area contributed by atoms with Crippen LogP contribution in [-0.2, 0) is 0 Å². The topological polar surface area (TPSA) is 81.4 Å². The maximum atomic E-state index is 12.4. The molecular formula is C14H16N4O3. The Hall–Kier alpha value is -2.44. The molecule has 0 bridgehead atoms. The highest BCUT2D eigenvalue weighted by Gasteiger charge is 2.27. The molecular weight excluding hydrogens is 272 g/mol. The predicted octanol–water partition coefficient (Wildman–Crippen LogP) is 1.46. The number of hydrogen-bond donors (Lipinski definition) is 0. The zero-order valence-electron chi connectivity index (χ0n) is 11.7. The lowest BCUT2D eigenvalue weighted by Gasteiger charge is -2.32. The second-order valence-electron chi connectivity index (χ2n) is 4.98. The van der Waals surface area contributed by atoms with Gasteiger partial charge < -0.3 is 14.2 Å². The van der Waals surface area contributed by atoms with Crippen LogP contribution < -0.4 is 4.74 Å². The van der Waals surface area contributed by atoms with Crippen molar-refractivity contribution in [2.75, 3.05) is 13.1 Å². The summed E-state index contributed by atoms with van der Waals surface area (Å²) in [7, 11) is 0. The fourth-order valence-electron chi connectivity index (χ4n) is 2.41. The highest BCUT2D eigenvalue weighted by molar-refractivity contribution is 5.94. The highest BCUT2D eigenvalue weighted by Crippen LogP contribution is 2.19. The molecule has 2 aromatic heterocycles. The third kappa shape index (κ3) is 3.01. The molecule has 0 unspecified atom stereocenters. The lowest BCUT2D eigenvalue weighted by atomic mass is 10.1. The summed E-state index contributed by atoms with van der Waals surface area (Å²) >= 11 is 0. The Balaban J connectivity index is 1.66. The molecule has 1 aliphatic heterocycles. The van der Waals surface area contributed by atoms with Gasteiger partial charge in [0.1, 0.15) is 23.8 Å². The molecule has 0 N–H and O–H groups in total. The number of ether oxygens (including phenoxy) is 1. The number of hydrogen-bond acceptors (Lipinski definition) is 6. The van der Waals surface area contributed by atoms with Gasteiger partial charge in [-0.25, -0.2) is 9.97 Å². The molecule has 2 aromatic rings. The van der Waals surface area contributed by atoms with Crippen LogP contribution >= 0.6 is 0 Å². The fourth-order valence-corrected chi connectivity index (χ4v) is 2.41. The number of aryl methyl sites for hydroxylation is 1. The van der Waals surface area contributed by atoms with Gasteiger partial charge in [-0.3, -0.25) is 4.79 Å². The van der Waals surface area contributed by atoms with Crippen molar-refractivity contribution in [1.82, 2.24) is 20.0 Å². The third-order valence-corrected chi connectivity index (χ3v) is 3.49. The van der Waals surface area contributed by atoms with Crippen LogP contribution in [0.1, 0.15) is 29.0 Å². The normalized spacial score (nSPS) is 18.5. The third-order valence-electron chi connectivity index (χ3n) is 3.49. The van der Waals surface area contributed by atoms with Gasteiger partial charge in [0.05, 0.1) is 12.7 Å². The summed E-state index contributed by atoms with van der Waals surface area (Å²) in [6.07, 6.45) is 6.28. The Morgan fingerprint density at radius 1 is 1.52 bits per heavy atom. The SMILES string of the molecule is Cc1oncc1C(=O)N1CCC[C@@H](Oc2ccncn2)C1. The Morgan fingerprint density at radius 3 is 3.14 bits per heavy atom. The molecule has 0 saturated carbocycles. The number of carbonyl (C=O) groups is 1. The van der Waals surface area contributed by atoms with Crippen LogP contribution in [0.2, 0.25) is 0 Å². The molecule has 7 heteroatoms. The average molecular weight is 288 g/mol. The van der Waals surface area contributed by atoms with Crippen LogP contribution in [0.5, 0.6) is 5.88 Å². The zero-order valence-corrected chi connectivity index (χ0v) is 11.7. The molecule has 0 spiro atoms. The van der Waals surface area contributed by atoms with E-state index < -0.39 is 0 Å². The van der Waals surface area contributed by atoms with E-state index in [4.69, 9.17) is 9.26 Å². The predicted molar refractivity (Wildman–Crippen MR) is 72.8 cm³/mol. The molecule has 21 heavy (non-hydrogen) atoms. The van der Waals surface area contributed by atoms with Crippen LogP contribution in [0.15, 0.2) is 29.3 Å². The Morgan fingerprint density at radius 2 is 2.43 bits per heavy atom. The molecule has 3 heterocycles. The first-order valence-electron chi connectivity index (χ1n) is 6.87. The maximum Gasteiger partial charge on any atom is 0.259 e. The van der Waals surface area contributed by atoms with Gasteiger partial charge in [-0.1, -0.05) is 5.16 Å². The molecule has 7 nitrogen and oxygen atoms in total. The summed E-state index contributed by atoms with van der Waals surface area (Å²) in [6.45, 7) is 2.99. The molecule has 1 atom stereocenters. The van der Waals surface area contributed by atoms with Crippen molar-refractivity contribution in [2.24, 2.45) is 0 Å². The number of nitrogens with zero attached hydrogens (tertiary/aromatic N) is 4. The van der Waals surface area contributed by atoms with E-state index in [0.717, 1.165) is 12.8 Å². The molecule has 1 fully saturated rings. The molecule has 0 aliphatic carbocycles. The van der Waals surface area contributed by atoms with Crippen molar-refractivity contribution in [3.63, 3.8) is 0 Å². The second-order valence-corrected chi connectivity index (χ2v) is 4.98. The fraction of sp³-hybridized carbons (Fsp3) is 0.429. The largest absolute Gasteiger partial charge is 0.472 e. The minimum atomic E-state index is -0.0651. The summed E-state index contributed by atoms with van der Waals surface area (Å²) in [5.41, 5.74) is 0.512. The van der Waals surface area contributed by atoms with Crippen LogP contribution in [0.3, 0.4) is 0 Å². The standard InChI is InChI=1S/C14H16N4O3/c1-10-12(7-17-21-10)14(19)18-6-2-3-11(8-18)20-13-4-5-15-9-16-13/h4-5,7,9,11H,2-3,6,8H2,1H3/t11-/m1/s1. The Labute approximate surface area is 121 Å². The monoisotopic (exact) mass is 288 g/mol. The van der Waals surface area contributed by atoms with Gasteiger partial charge in [0.25, 0.3) is 5.91 Å². The molecule has 3 rings (SSSR count). The first-order chi connectivity index (χ1) is 10.2. The average Bonchev–Trinajstić information content (AvgIpc) is 2.94. The summed E-state index contributed by atoms with van der Waals surface area (Å²) < 4.78 is 10.8. The number of rotatable bonds is 3. The van der Waals surface area contributed by atoms with Crippen LogP contribution in [0.4, 0.5) is 0 Å². The van der Waals surface area contributed by atoms with Crippen molar-refractivity contribution in [3.8, 4) is 5.88 Å². The van der Waals surface area contributed by atoms with Gasteiger partial charge in [-0.05, 0) is 19.8 Å². The van der Waals surface area contributed by atoms with Crippen LogP contribution in [0, 0.1) is 6.92 Å². The van der Waals surface area contributed by atoms with Gasteiger partial charge in [-0.2, -0.15) is 0 Å². The van der Waals surface area contributed by atoms with Gasteiger partial charge in [0.15, 0.2) is 0 Å². The number of amides is 1. The number of aromatic nitrogens is 3. The highest BCUT2D eigenvalue weighted by atomic mass is 16.5. The van der Waals surface area contributed by atoms with Crippen molar-refractivity contribution in [2.45, 2.75) is 25.9 Å². The molecule has 1 amide bonds. The second kappa shape index (κ2) is 5.90. The van der Waals surface area contributed by atoms with Gasteiger partial charge in [0.2, 0.25) is 5.88 Å². The Bertz CT molecular complexity index is 614. The molecule has 110 valence electrons. The number of piperidine rings is 1. The smallest absolute Gasteiger partial charge is 0.259 e. The van der Waals surface area contributed by atoms with Gasteiger partial charge in [-0.15, -0.1) is 0 Å². The summed E-state index contributed by atoms with van der Waals surface area (Å²) in [4.78, 5) is 22.1. The summed E-state index contributed by atoms with van der Waals surface area (Å²) in [5.74, 6) is 1.01. The van der Waals surface area contributed by atoms with Crippen molar-refractivity contribution < 1.29 is 14.1 Å². The van der Waals surface area contributed by atoms with Crippen LogP contribution in [-0.4, -0.2) is 45.1 Å². The van der Waals surface area contributed by atoms with E-state index in [0.29, 0.717) is 30.3 Å². The lowest BCUT2D eigenvalue weighted by molar-refractivity contribution is 0.0526. The molecule has 0 aromatic carbocycles. The summed E-state index contributed by atoms with van der Waals surface area (Å²) in [6, 6.07) is 1.71. The quantitative estimate of drug-likeness (QED) is 0.850. The van der Waals surface area contributed by atoms with Gasteiger partial charge >= 0.3 is 0 Å². The van der Waals surface area contributed by atoms with E-state index in [-0.39, 0.29) is 12.0 Å². The first-order valence-corrected chi connectivity index (χ1v) is 6.87. The van der Waals surface area contributed by atoms with Gasteiger partial charge in [0, 0.05) is 18.8 Å². The minimum absolute atomic E-state index is 0.0576. The maximum absolute atomic E-state index is 12.4. The van der Waals surface area contributed by atoms with E-state index in [9.17, 15) is 4.79 Å². The van der Waals surface area contributed by atoms with E-state index in [2.05, 4.69) is 15.1 Å². The van der Waals surface area contributed by atoms with Crippen molar-refractivity contribution >= 4 is 5.91 Å². The van der Waals surface area contributed by atoms with Crippen molar-refractivity contribution in [1.29, 1.82) is 0 Å². The number of carbonyl (C=O) groups excluding carboxylic acids is 1. The Kier molecular flexibility index (Phi) is 3.81. The molecule has 0 radical (unpaired) electrons. The first kappa shape index (κ1) is 13.5. The molecule has 1 saturated heterocycles. The van der Waals surface area contributed by atoms with Crippen LogP contribution in [0.25, 0.3) is 0 Å². The van der Waals surface area contributed by atoms with E-state index in [1.807, 2.05) is 0 Å².